The van der Waals surface area contributed by atoms with E-state index in [4.69, 9.17) is 9.47 Å². The molecule has 0 spiro atoms. The maximum Gasteiger partial charge on any atom is 0.407 e. The lowest BCUT2D eigenvalue weighted by Gasteiger charge is -2.53. The van der Waals surface area contributed by atoms with Gasteiger partial charge in [-0.2, -0.15) is 0 Å². The molecule has 1 heterocycles. The van der Waals surface area contributed by atoms with Gasteiger partial charge in [-0.3, -0.25) is 9.59 Å². The molecule has 43 heavy (non-hydrogen) atoms. The number of carbonyl (C=O) groups is 4. The number of likely N-dealkylation sites (tertiary alicyclic amines) is 1. The molecule has 234 valence electrons. The summed E-state index contributed by atoms with van der Waals surface area (Å²) in [5.74, 6) is -0.594. The number of carbonyl (C=O) groups excluding carboxylic acids is 4. The zero-order valence-electron chi connectivity index (χ0n) is 26.1. The molecule has 0 saturated carbocycles. The Labute approximate surface area is 255 Å². The number of hydrogen-bond acceptors (Lipinski definition) is 6. The van der Waals surface area contributed by atoms with Crippen LogP contribution in [0.3, 0.4) is 0 Å². The van der Waals surface area contributed by atoms with Crippen LogP contribution in [0.2, 0.25) is 0 Å². The Hall–Kier alpha value is -3.92. The molecule has 2 atom stereocenters. The van der Waals surface area contributed by atoms with E-state index in [0.717, 1.165) is 28.0 Å². The molecular formula is C33H46N4O6. The average Bonchev–Trinajstić information content (AvgIpc) is 3.01. The zero-order chi connectivity index (χ0) is 31.4. The minimum absolute atomic E-state index is 0.155. The van der Waals surface area contributed by atoms with Gasteiger partial charge in [0, 0.05) is 19.6 Å². The minimum Gasteiger partial charge on any atom is -0.445 e. The molecule has 1 aliphatic heterocycles. The van der Waals surface area contributed by atoms with Crippen molar-refractivity contribution in [3.8, 4) is 0 Å². The number of ether oxygens (including phenoxy) is 2. The number of urea groups is 1. The summed E-state index contributed by atoms with van der Waals surface area (Å²) >= 11 is 0. The Morgan fingerprint density at radius 2 is 1.67 bits per heavy atom. The van der Waals surface area contributed by atoms with Crippen molar-refractivity contribution >= 4 is 23.9 Å². The minimum atomic E-state index is -0.872. The summed E-state index contributed by atoms with van der Waals surface area (Å²) in [5, 5.41) is 5.68. The number of nitrogens with zero attached hydrogens (tertiary/aromatic N) is 2. The second-order valence-corrected chi connectivity index (χ2v) is 10.9. The van der Waals surface area contributed by atoms with Gasteiger partial charge in [0.1, 0.15) is 13.2 Å². The van der Waals surface area contributed by atoms with Gasteiger partial charge in [-0.05, 0) is 44.2 Å². The molecule has 10 nitrogen and oxygen atoms in total. The molecule has 5 amide bonds. The summed E-state index contributed by atoms with van der Waals surface area (Å²) in [6.07, 6.45) is 1.10. The van der Waals surface area contributed by atoms with E-state index in [0.29, 0.717) is 25.8 Å². The standard InChI is InChI=1S/C33H46N4O6/c1-6-13-27(26-18-16-24(5)17-19-26)35-31(40)37-29(39)33(7-2,8-3)30(37)42-23-28(38)36(9-4)21-20-34-32(41)43-22-25-14-11-10-12-15-25/h10-12,14-19,27,30H,6-9,13,20-23H2,1-5H3,(H,34,41)(H,35,40). The van der Waals surface area contributed by atoms with Crippen molar-refractivity contribution in [1.29, 1.82) is 0 Å². The van der Waals surface area contributed by atoms with Gasteiger partial charge in [0.2, 0.25) is 11.8 Å². The number of amides is 5. The predicted octanol–water partition coefficient (Wildman–Crippen LogP) is 5.31. The van der Waals surface area contributed by atoms with Gasteiger partial charge in [0.15, 0.2) is 6.23 Å². The number of likely N-dealkylation sites (N-methyl/N-ethyl adjacent to an activating group) is 1. The molecule has 10 heteroatoms. The largest absolute Gasteiger partial charge is 0.445 e. The van der Waals surface area contributed by atoms with Crippen LogP contribution in [0.15, 0.2) is 54.6 Å². The third-order valence-corrected chi connectivity index (χ3v) is 8.15. The maximum atomic E-state index is 13.4. The lowest BCUT2D eigenvalue weighted by molar-refractivity contribution is -0.212. The number of hydrogen-bond donors (Lipinski definition) is 2. The van der Waals surface area contributed by atoms with Gasteiger partial charge in [-0.25, -0.2) is 14.5 Å². The number of nitrogens with one attached hydrogen (secondary N) is 2. The first-order chi connectivity index (χ1) is 20.7. The van der Waals surface area contributed by atoms with Crippen molar-refractivity contribution < 1.29 is 28.7 Å². The van der Waals surface area contributed by atoms with Crippen molar-refractivity contribution in [3.05, 3.63) is 71.3 Å². The fraction of sp³-hybridized carbons (Fsp3) is 0.515. The second kappa shape index (κ2) is 16.1. The number of imide groups is 1. The molecule has 0 radical (unpaired) electrons. The number of aryl methyl sites for hydroxylation is 1. The van der Waals surface area contributed by atoms with E-state index in [9.17, 15) is 19.2 Å². The van der Waals surface area contributed by atoms with Gasteiger partial charge < -0.3 is 25.0 Å². The molecular weight excluding hydrogens is 548 g/mol. The molecule has 0 bridgehead atoms. The second-order valence-electron chi connectivity index (χ2n) is 10.9. The molecule has 1 aliphatic rings. The summed E-state index contributed by atoms with van der Waals surface area (Å²) in [7, 11) is 0. The summed E-state index contributed by atoms with van der Waals surface area (Å²) in [6.45, 7) is 10.4. The van der Waals surface area contributed by atoms with Crippen LogP contribution < -0.4 is 10.6 Å². The van der Waals surface area contributed by atoms with Crippen LogP contribution in [0.4, 0.5) is 9.59 Å². The molecule has 1 fully saturated rings. The Balaban J connectivity index is 1.57. The van der Waals surface area contributed by atoms with E-state index in [1.165, 1.54) is 0 Å². The molecule has 0 aliphatic carbocycles. The Kier molecular flexibility index (Phi) is 12.5. The molecule has 2 N–H and O–H groups in total. The van der Waals surface area contributed by atoms with Crippen molar-refractivity contribution in [2.24, 2.45) is 5.41 Å². The van der Waals surface area contributed by atoms with E-state index in [2.05, 4.69) is 10.6 Å². The van der Waals surface area contributed by atoms with Gasteiger partial charge in [-0.15, -0.1) is 0 Å². The predicted molar refractivity (Wildman–Crippen MR) is 164 cm³/mol. The van der Waals surface area contributed by atoms with Gasteiger partial charge >= 0.3 is 12.1 Å². The number of alkyl carbamates (subject to hydrolysis) is 1. The molecule has 0 aromatic heterocycles. The van der Waals surface area contributed by atoms with Crippen molar-refractivity contribution in [1.82, 2.24) is 20.4 Å². The van der Waals surface area contributed by atoms with Crippen LogP contribution in [-0.4, -0.2) is 66.2 Å². The third-order valence-electron chi connectivity index (χ3n) is 8.15. The van der Waals surface area contributed by atoms with Crippen molar-refractivity contribution in [3.63, 3.8) is 0 Å². The first-order valence-corrected chi connectivity index (χ1v) is 15.2. The van der Waals surface area contributed by atoms with Crippen LogP contribution in [-0.2, 0) is 25.7 Å². The van der Waals surface area contributed by atoms with E-state index >= 15 is 0 Å². The molecule has 2 aromatic rings. The summed E-state index contributed by atoms with van der Waals surface area (Å²) < 4.78 is 11.3. The van der Waals surface area contributed by atoms with Gasteiger partial charge in [0.25, 0.3) is 0 Å². The quantitative estimate of drug-likeness (QED) is 0.270. The van der Waals surface area contributed by atoms with Gasteiger partial charge in [-0.1, -0.05) is 87.4 Å². The van der Waals surface area contributed by atoms with E-state index in [1.807, 2.05) is 89.2 Å². The Bertz CT molecular complexity index is 1220. The van der Waals surface area contributed by atoms with Crippen LogP contribution in [0.5, 0.6) is 0 Å². The maximum absolute atomic E-state index is 13.4. The third kappa shape index (κ3) is 8.34. The zero-order valence-corrected chi connectivity index (χ0v) is 26.1. The van der Waals surface area contributed by atoms with Crippen LogP contribution in [0.25, 0.3) is 0 Å². The lowest BCUT2D eigenvalue weighted by Crippen LogP contribution is -2.72. The number of rotatable bonds is 15. The monoisotopic (exact) mass is 594 g/mol. The van der Waals surface area contributed by atoms with E-state index in [1.54, 1.807) is 4.90 Å². The first-order valence-electron chi connectivity index (χ1n) is 15.2. The first kappa shape index (κ1) is 33.6. The van der Waals surface area contributed by atoms with Crippen LogP contribution in [0, 0.1) is 12.3 Å². The lowest BCUT2D eigenvalue weighted by atomic mass is 9.72. The normalized spacial score (nSPS) is 16.2. The highest BCUT2D eigenvalue weighted by Crippen LogP contribution is 2.46. The molecule has 2 unspecified atom stereocenters. The summed E-state index contributed by atoms with van der Waals surface area (Å²) in [5.41, 5.74) is 2.10. The van der Waals surface area contributed by atoms with Gasteiger partial charge in [0.05, 0.1) is 11.5 Å². The Morgan fingerprint density at radius 1 is 1.00 bits per heavy atom. The fourth-order valence-corrected chi connectivity index (χ4v) is 5.36. The van der Waals surface area contributed by atoms with Crippen molar-refractivity contribution in [2.45, 2.75) is 79.2 Å². The SMILES string of the molecule is CCCC(NC(=O)N1C(=O)C(CC)(CC)C1OCC(=O)N(CC)CCNC(=O)OCc1ccccc1)c1ccc(C)cc1. The smallest absolute Gasteiger partial charge is 0.407 e. The summed E-state index contributed by atoms with van der Waals surface area (Å²) in [6, 6.07) is 16.5. The molecule has 2 aromatic carbocycles. The molecule has 3 rings (SSSR count). The highest BCUT2D eigenvalue weighted by Gasteiger charge is 2.62. The fourth-order valence-electron chi connectivity index (χ4n) is 5.36. The highest BCUT2D eigenvalue weighted by atomic mass is 16.5. The number of benzene rings is 2. The van der Waals surface area contributed by atoms with E-state index < -0.39 is 23.8 Å². The van der Waals surface area contributed by atoms with Crippen LogP contribution >= 0.6 is 0 Å². The average molecular weight is 595 g/mol. The van der Waals surface area contributed by atoms with E-state index in [-0.39, 0.29) is 44.2 Å². The number of β-lactam (4-membered cyclic amide) rings is 1. The van der Waals surface area contributed by atoms with Crippen molar-refractivity contribution in [2.75, 3.05) is 26.2 Å². The Morgan fingerprint density at radius 3 is 2.28 bits per heavy atom. The molecule has 1 saturated heterocycles. The highest BCUT2D eigenvalue weighted by molar-refractivity contribution is 6.03. The topological polar surface area (TPSA) is 117 Å². The van der Waals surface area contributed by atoms with Crippen LogP contribution in [0.1, 0.15) is 76.1 Å². The summed E-state index contributed by atoms with van der Waals surface area (Å²) in [4.78, 5) is 54.6.